The number of phosphoric acid groups is 1. The maximum absolute atomic E-state index is 12.3. The third-order valence-electron chi connectivity index (χ3n) is 2.39. The molecular weight excluding hydrogens is 335 g/mol. The van der Waals surface area contributed by atoms with E-state index in [9.17, 15) is 4.57 Å². The molecule has 0 amide bonds. The zero-order valence-corrected chi connectivity index (χ0v) is 15.1. The molecule has 0 heterocycles. The maximum Gasteiger partial charge on any atom is 0.552 e. The summed E-state index contributed by atoms with van der Waals surface area (Å²) in [5.41, 5.74) is 0.951. The summed E-state index contributed by atoms with van der Waals surface area (Å²) in [4.78, 5) is 1.12. The lowest BCUT2D eigenvalue weighted by Crippen LogP contribution is -1.98. The Kier molecular flexibility index (Phi) is 8.48. The van der Waals surface area contributed by atoms with E-state index in [-0.39, 0.29) is 0 Å². The van der Waals surface area contributed by atoms with Gasteiger partial charge in [0.1, 0.15) is 5.75 Å². The van der Waals surface area contributed by atoms with Crippen molar-refractivity contribution in [3.63, 3.8) is 0 Å². The number of hydrogen-bond donors (Lipinski definition) is 1. The fourth-order valence-electron chi connectivity index (χ4n) is 1.40. The molecule has 1 aromatic carbocycles. The van der Waals surface area contributed by atoms with Crippen LogP contribution in [0.25, 0.3) is 0 Å². The second kappa shape index (κ2) is 9.28. The van der Waals surface area contributed by atoms with Gasteiger partial charge in [-0.1, -0.05) is 13.8 Å². The molecule has 0 fully saturated rings. The molecule has 1 aromatic rings. The molecule has 1 atom stereocenters. The van der Waals surface area contributed by atoms with Gasteiger partial charge in [0, 0.05) is 22.7 Å². The molecule has 1 unspecified atom stereocenters. The van der Waals surface area contributed by atoms with Gasteiger partial charge < -0.3 is 4.52 Å². The second-order valence-corrected chi connectivity index (χ2v) is 7.69. The molecule has 0 radical (unpaired) electrons. The molecule has 0 N–H and O–H groups in total. The van der Waals surface area contributed by atoms with Crippen molar-refractivity contribution in [2.45, 2.75) is 31.6 Å². The second-order valence-electron chi connectivity index (χ2n) is 3.84. The van der Waals surface area contributed by atoms with Crippen molar-refractivity contribution in [1.82, 2.24) is 0 Å². The number of benzene rings is 1. The minimum Gasteiger partial charge on any atom is -0.403 e. The summed E-state index contributed by atoms with van der Waals surface area (Å²) >= 11 is 6.31. The third kappa shape index (κ3) is 5.54. The fourth-order valence-corrected chi connectivity index (χ4v) is 3.87. The first kappa shape index (κ1) is 18.3. The summed E-state index contributed by atoms with van der Waals surface area (Å²) in [5.74, 6) is 1.20. The minimum absolute atomic E-state index is 0.500. The number of rotatable bonds is 9. The summed E-state index contributed by atoms with van der Waals surface area (Å²) in [7, 11) is -3.70. The van der Waals surface area contributed by atoms with E-state index in [2.05, 4.69) is 16.9 Å². The Labute approximate surface area is 134 Å². The summed E-state index contributed by atoms with van der Waals surface area (Å²) in [6.45, 7) is 4.01. The lowest BCUT2D eigenvalue weighted by atomic mass is 10.1. The van der Waals surface area contributed by atoms with Crippen molar-refractivity contribution in [2.24, 2.45) is 0 Å². The Morgan fingerprint density at radius 1 is 1.35 bits per heavy atom. The normalized spacial score (nSPS) is 14.0. The zero-order valence-electron chi connectivity index (χ0n) is 11.7. The van der Waals surface area contributed by atoms with Crippen LogP contribution in [0.5, 0.6) is 5.75 Å². The predicted octanol–water partition coefficient (Wildman–Crippen LogP) is 5.39. The van der Waals surface area contributed by atoms with Gasteiger partial charge in [-0.15, -0.1) is 11.8 Å². The van der Waals surface area contributed by atoms with E-state index in [0.29, 0.717) is 11.5 Å². The van der Waals surface area contributed by atoms with Crippen LogP contribution >= 0.6 is 44.5 Å². The highest BCUT2D eigenvalue weighted by Gasteiger charge is 2.29. The van der Waals surface area contributed by atoms with Crippen LogP contribution in [0.2, 0.25) is 0 Å². The molecule has 20 heavy (non-hydrogen) atoms. The molecule has 0 aliphatic heterocycles. The largest absolute Gasteiger partial charge is 0.552 e. The molecule has 0 bridgehead atoms. The van der Waals surface area contributed by atoms with E-state index in [1.165, 1.54) is 0 Å². The van der Waals surface area contributed by atoms with Crippen LogP contribution in [0, 0.1) is 0 Å². The highest BCUT2D eigenvalue weighted by molar-refractivity contribution is 7.98. The molecule has 114 valence electrons. The minimum atomic E-state index is -3.70. The highest BCUT2D eigenvalue weighted by atomic mass is 32.2. The molecule has 0 aliphatic carbocycles. The lowest BCUT2D eigenvalue weighted by molar-refractivity contribution is 0.331. The number of aryl methyl sites for hydroxylation is 1. The highest BCUT2D eigenvalue weighted by Crippen LogP contribution is 2.54. The predicted molar refractivity (Wildman–Crippen MR) is 89.7 cm³/mol. The Bertz CT molecular complexity index is 470. The Balaban J connectivity index is 2.86. The van der Waals surface area contributed by atoms with Crippen LogP contribution in [0.1, 0.15) is 25.8 Å². The van der Waals surface area contributed by atoms with Crippen molar-refractivity contribution in [1.29, 1.82) is 0 Å². The van der Waals surface area contributed by atoms with Gasteiger partial charge in [0.25, 0.3) is 0 Å². The maximum atomic E-state index is 12.3. The number of hydrogen-bond acceptors (Lipinski definition) is 7. The van der Waals surface area contributed by atoms with Crippen LogP contribution < -0.4 is 4.52 Å². The average molecular weight is 354 g/mol. The van der Waals surface area contributed by atoms with Crippen LogP contribution in [0.15, 0.2) is 23.1 Å². The number of thioether (sulfide) groups is 1. The van der Waals surface area contributed by atoms with Crippen molar-refractivity contribution in [3.8, 4) is 5.75 Å². The Morgan fingerprint density at radius 3 is 2.65 bits per heavy atom. The summed E-state index contributed by atoms with van der Waals surface area (Å²) in [6.07, 6.45) is 3.67. The monoisotopic (exact) mass is 354 g/mol. The molecule has 1 rings (SSSR count). The first-order chi connectivity index (χ1) is 9.58. The molecule has 8 heteroatoms. The first-order valence-electron chi connectivity index (χ1n) is 6.19. The molecule has 0 spiro atoms. The van der Waals surface area contributed by atoms with Crippen LogP contribution in [-0.2, 0) is 18.9 Å². The average Bonchev–Trinajstić information content (AvgIpc) is 2.48. The zero-order chi connectivity index (χ0) is 15.0. The molecule has 4 nitrogen and oxygen atoms in total. The number of thiol groups is 1. The van der Waals surface area contributed by atoms with Gasteiger partial charge in [-0.25, -0.2) is 12.5 Å². The smallest absolute Gasteiger partial charge is 0.403 e. The van der Waals surface area contributed by atoms with Crippen LogP contribution in [-0.4, -0.2) is 12.0 Å². The topological polar surface area (TPSA) is 44.8 Å². The molecular formula is C12H19O4PS3. The van der Waals surface area contributed by atoms with E-state index in [1.54, 1.807) is 17.8 Å². The van der Waals surface area contributed by atoms with Crippen LogP contribution in [0.3, 0.4) is 0 Å². The third-order valence-corrected chi connectivity index (χ3v) is 6.06. The van der Waals surface area contributed by atoms with Gasteiger partial charge in [-0.2, -0.15) is 0 Å². The Hall–Kier alpha value is 0.220. The van der Waals surface area contributed by atoms with Gasteiger partial charge in [0.15, 0.2) is 0 Å². The van der Waals surface area contributed by atoms with Gasteiger partial charge in [0.05, 0.1) is 0 Å². The van der Waals surface area contributed by atoms with E-state index >= 15 is 0 Å². The Morgan fingerprint density at radius 2 is 2.10 bits per heavy atom. The van der Waals surface area contributed by atoms with Crippen molar-refractivity contribution in [2.75, 3.05) is 12.0 Å². The van der Waals surface area contributed by atoms with E-state index in [1.807, 2.05) is 32.2 Å². The van der Waals surface area contributed by atoms with Crippen molar-refractivity contribution < 1.29 is 17.0 Å². The summed E-state index contributed by atoms with van der Waals surface area (Å²) in [6, 6.07) is 5.68. The van der Waals surface area contributed by atoms with Gasteiger partial charge in [-0.3, -0.25) is 0 Å². The van der Waals surface area contributed by atoms with E-state index in [4.69, 9.17) is 8.49 Å². The van der Waals surface area contributed by atoms with Crippen LogP contribution in [0.4, 0.5) is 0 Å². The van der Waals surface area contributed by atoms with Gasteiger partial charge in [-0.05, 0) is 55.8 Å². The summed E-state index contributed by atoms with van der Waals surface area (Å²) < 4.78 is 27.5. The van der Waals surface area contributed by atoms with Gasteiger partial charge in [0.2, 0.25) is 0 Å². The quantitative estimate of drug-likeness (QED) is 0.211. The molecule has 0 aromatic heterocycles. The molecule has 0 saturated carbocycles. The van der Waals surface area contributed by atoms with E-state index < -0.39 is 7.82 Å². The van der Waals surface area contributed by atoms with Gasteiger partial charge >= 0.3 is 7.82 Å². The summed E-state index contributed by atoms with van der Waals surface area (Å²) in [5, 5.41) is 0. The standard InChI is InChI=1S/C12H19O4PS3/c1-4-8-20-16-17(13,15-18)14-12-7-6-11(19-3)9-10(12)5-2/h6-7,9,18H,4-5,8H2,1-3H3. The van der Waals surface area contributed by atoms with Crippen molar-refractivity contribution in [3.05, 3.63) is 23.8 Å². The van der Waals surface area contributed by atoms with Crippen molar-refractivity contribution >= 4 is 44.5 Å². The lowest BCUT2D eigenvalue weighted by Gasteiger charge is -2.17. The molecule has 0 aliphatic rings. The van der Waals surface area contributed by atoms with E-state index in [0.717, 1.165) is 35.3 Å². The SMILES string of the molecule is CCCSOP(=O)(OS)Oc1ccc(SC)cc1CC. The fraction of sp³-hybridized carbons (Fsp3) is 0.500. The first-order valence-corrected chi connectivity index (χ1v) is 10.2. The molecule has 0 saturated heterocycles.